The van der Waals surface area contributed by atoms with Crippen LogP contribution in [0.5, 0.6) is 5.75 Å². The lowest BCUT2D eigenvalue weighted by Gasteiger charge is -2.05. The monoisotopic (exact) mass is 292 g/mol. The van der Waals surface area contributed by atoms with Crippen molar-refractivity contribution in [2.45, 2.75) is 0 Å². The molecule has 0 aliphatic carbocycles. The lowest BCUT2D eigenvalue weighted by atomic mass is 10.3. The van der Waals surface area contributed by atoms with Crippen molar-refractivity contribution in [3.63, 3.8) is 0 Å². The maximum atomic E-state index is 13.1. The number of nitrogens with two attached hydrogens (primary N) is 1. The number of halogens is 2. The molecule has 0 saturated carbocycles. The number of amides is 1. The first kappa shape index (κ1) is 12.4. The van der Waals surface area contributed by atoms with E-state index >= 15 is 0 Å². The minimum absolute atomic E-state index is 0.0642. The minimum atomic E-state index is -0.808. The van der Waals surface area contributed by atoms with Crippen LogP contribution in [0.2, 0.25) is 0 Å². The van der Waals surface area contributed by atoms with Gasteiger partial charge in [0.25, 0.3) is 5.91 Å². The van der Waals surface area contributed by atoms with Gasteiger partial charge in [-0.1, -0.05) is 0 Å². The van der Waals surface area contributed by atoms with Crippen LogP contribution in [0, 0.1) is 15.9 Å². The van der Waals surface area contributed by atoms with Gasteiger partial charge in [-0.2, -0.15) is 0 Å². The highest BCUT2D eigenvalue weighted by Crippen LogP contribution is 2.32. The van der Waals surface area contributed by atoms with E-state index in [2.05, 4.69) is 15.9 Å². The number of primary amides is 1. The summed E-state index contributed by atoms with van der Waals surface area (Å²) >= 11 is 2.80. The van der Waals surface area contributed by atoms with Crippen molar-refractivity contribution in [1.29, 1.82) is 0 Å². The zero-order chi connectivity index (χ0) is 12.3. The van der Waals surface area contributed by atoms with Gasteiger partial charge in [0.1, 0.15) is 5.82 Å². The third kappa shape index (κ3) is 2.89. The number of benzene rings is 1. The third-order valence-electron chi connectivity index (χ3n) is 1.57. The molecule has 1 amide bonds. The summed E-state index contributed by atoms with van der Waals surface area (Å²) in [5.74, 6) is -1.88. The van der Waals surface area contributed by atoms with Gasteiger partial charge in [-0.25, -0.2) is 4.39 Å². The Bertz CT molecular complexity index is 452. The van der Waals surface area contributed by atoms with Crippen molar-refractivity contribution in [3.05, 3.63) is 32.5 Å². The molecular formula is C8H6BrFN2O4. The van der Waals surface area contributed by atoms with Gasteiger partial charge >= 0.3 is 5.69 Å². The number of hydrogen-bond donors (Lipinski definition) is 1. The van der Waals surface area contributed by atoms with Crippen LogP contribution in [0.4, 0.5) is 10.1 Å². The van der Waals surface area contributed by atoms with Crippen molar-refractivity contribution < 1.29 is 18.8 Å². The molecule has 0 saturated heterocycles. The van der Waals surface area contributed by atoms with Crippen LogP contribution in [-0.4, -0.2) is 17.4 Å². The molecular weight excluding hydrogens is 287 g/mol. The molecule has 1 rings (SSSR count). The zero-order valence-electron chi connectivity index (χ0n) is 7.78. The Hall–Kier alpha value is -1.70. The van der Waals surface area contributed by atoms with Gasteiger partial charge in [-0.15, -0.1) is 0 Å². The quantitative estimate of drug-likeness (QED) is 0.669. The first-order chi connectivity index (χ1) is 7.41. The molecule has 0 aromatic heterocycles. The summed E-state index contributed by atoms with van der Waals surface area (Å²) in [6.45, 7) is -0.554. The summed E-state index contributed by atoms with van der Waals surface area (Å²) < 4.78 is 17.7. The molecule has 0 radical (unpaired) electrons. The van der Waals surface area contributed by atoms with E-state index in [1.54, 1.807) is 0 Å². The molecule has 86 valence electrons. The predicted octanol–water partition coefficient (Wildman–Crippen LogP) is 1.36. The molecule has 0 heterocycles. The Balaban J connectivity index is 3.09. The summed E-state index contributed by atoms with van der Waals surface area (Å²) in [6, 6.07) is 1.76. The molecule has 0 spiro atoms. The maximum absolute atomic E-state index is 13.1. The first-order valence-corrected chi connectivity index (χ1v) is 4.75. The fourth-order valence-corrected chi connectivity index (χ4v) is 1.26. The molecule has 8 heteroatoms. The average molecular weight is 293 g/mol. The Morgan fingerprint density at radius 2 is 2.25 bits per heavy atom. The van der Waals surface area contributed by atoms with Crippen LogP contribution in [0.25, 0.3) is 0 Å². The van der Waals surface area contributed by atoms with Crippen LogP contribution in [0.1, 0.15) is 0 Å². The summed E-state index contributed by atoms with van der Waals surface area (Å²) in [5.41, 5.74) is 4.35. The van der Waals surface area contributed by atoms with Gasteiger partial charge in [0.15, 0.2) is 6.61 Å². The number of hydrogen-bond acceptors (Lipinski definition) is 4. The summed E-state index contributed by atoms with van der Waals surface area (Å²) in [4.78, 5) is 20.3. The van der Waals surface area contributed by atoms with Gasteiger partial charge in [-0.05, 0) is 15.9 Å². The smallest absolute Gasteiger partial charge is 0.312 e. The van der Waals surface area contributed by atoms with Crippen molar-refractivity contribution in [3.8, 4) is 5.75 Å². The van der Waals surface area contributed by atoms with Crippen molar-refractivity contribution in [2.75, 3.05) is 6.61 Å². The van der Waals surface area contributed by atoms with Crippen molar-refractivity contribution in [2.24, 2.45) is 5.73 Å². The number of carbonyl (C=O) groups excluding carboxylic acids is 1. The second-order valence-electron chi connectivity index (χ2n) is 2.75. The summed E-state index contributed by atoms with van der Waals surface area (Å²) in [6.07, 6.45) is 0. The van der Waals surface area contributed by atoms with Gasteiger partial charge in [0, 0.05) is 12.1 Å². The predicted molar refractivity (Wildman–Crippen MR) is 55.4 cm³/mol. The van der Waals surface area contributed by atoms with Gasteiger partial charge < -0.3 is 10.5 Å². The third-order valence-corrected chi connectivity index (χ3v) is 2.18. The molecule has 1 aromatic carbocycles. The number of nitro groups is 1. The molecule has 6 nitrogen and oxygen atoms in total. The highest BCUT2D eigenvalue weighted by atomic mass is 79.9. The average Bonchev–Trinajstić information content (AvgIpc) is 2.18. The second kappa shape index (κ2) is 4.88. The van der Waals surface area contributed by atoms with Crippen LogP contribution in [-0.2, 0) is 4.79 Å². The molecule has 2 N–H and O–H groups in total. The lowest BCUT2D eigenvalue weighted by Crippen LogP contribution is -2.20. The molecule has 0 aliphatic rings. The van der Waals surface area contributed by atoms with Crippen molar-refractivity contribution >= 4 is 27.5 Å². The molecule has 0 bridgehead atoms. The van der Waals surface area contributed by atoms with Crippen molar-refractivity contribution in [1.82, 2.24) is 0 Å². The topological polar surface area (TPSA) is 95.5 Å². The Morgan fingerprint density at radius 1 is 1.62 bits per heavy atom. The van der Waals surface area contributed by atoms with E-state index in [1.165, 1.54) is 0 Å². The molecule has 0 fully saturated rings. The Kier molecular flexibility index (Phi) is 3.78. The van der Waals surface area contributed by atoms with E-state index in [9.17, 15) is 19.3 Å². The molecule has 0 aliphatic heterocycles. The Morgan fingerprint density at radius 3 is 2.75 bits per heavy atom. The number of carbonyl (C=O) groups is 1. The number of rotatable bonds is 4. The molecule has 0 unspecified atom stereocenters. The van der Waals surface area contributed by atoms with E-state index < -0.39 is 28.9 Å². The number of nitrogens with zero attached hydrogens (tertiary/aromatic N) is 1. The first-order valence-electron chi connectivity index (χ1n) is 3.96. The summed E-state index contributed by atoms with van der Waals surface area (Å²) in [5, 5.41) is 10.6. The Labute approximate surface area is 97.5 Å². The minimum Gasteiger partial charge on any atom is -0.477 e. The highest BCUT2D eigenvalue weighted by Gasteiger charge is 2.19. The normalized spacial score (nSPS) is 9.88. The van der Waals surface area contributed by atoms with Gasteiger partial charge in [-0.3, -0.25) is 14.9 Å². The van der Waals surface area contributed by atoms with Crippen LogP contribution >= 0.6 is 15.9 Å². The largest absolute Gasteiger partial charge is 0.477 e. The summed E-state index contributed by atoms with van der Waals surface area (Å²) in [7, 11) is 0. The molecule has 1 aromatic rings. The van der Waals surface area contributed by atoms with E-state index in [0.29, 0.717) is 0 Å². The van der Waals surface area contributed by atoms with Crippen LogP contribution < -0.4 is 10.5 Å². The van der Waals surface area contributed by atoms with Crippen LogP contribution in [0.15, 0.2) is 16.6 Å². The fraction of sp³-hybridized carbons (Fsp3) is 0.125. The molecule has 0 atom stereocenters. The standard InChI is InChI=1S/C8H6BrFN2O4/c9-4-1-6(12(14)15)7(2-5(4)10)16-3-8(11)13/h1-2H,3H2,(H2,11,13). The second-order valence-corrected chi connectivity index (χ2v) is 3.60. The van der Waals surface area contributed by atoms with E-state index in [1.807, 2.05) is 0 Å². The van der Waals surface area contributed by atoms with E-state index in [0.717, 1.165) is 12.1 Å². The molecule has 16 heavy (non-hydrogen) atoms. The van der Waals surface area contributed by atoms with Crippen LogP contribution in [0.3, 0.4) is 0 Å². The SMILES string of the molecule is NC(=O)COc1cc(F)c(Br)cc1[N+](=O)[O-]. The zero-order valence-corrected chi connectivity index (χ0v) is 9.36. The van der Waals surface area contributed by atoms with Gasteiger partial charge in [0.2, 0.25) is 5.75 Å². The lowest BCUT2D eigenvalue weighted by molar-refractivity contribution is -0.385. The highest BCUT2D eigenvalue weighted by molar-refractivity contribution is 9.10. The fourth-order valence-electron chi connectivity index (χ4n) is 0.925. The van der Waals surface area contributed by atoms with E-state index in [4.69, 9.17) is 10.5 Å². The maximum Gasteiger partial charge on any atom is 0.312 e. The van der Waals surface area contributed by atoms with E-state index in [-0.39, 0.29) is 10.2 Å². The number of nitro benzene ring substituents is 1. The number of ether oxygens (including phenoxy) is 1. The van der Waals surface area contributed by atoms with Gasteiger partial charge in [0.05, 0.1) is 9.40 Å².